The maximum Gasteiger partial charge on any atom is 0.161 e. The predicted octanol–water partition coefficient (Wildman–Crippen LogP) is 5.67. The molecule has 0 aliphatic carbocycles. The van der Waals surface area contributed by atoms with Crippen molar-refractivity contribution in [1.82, 2.24) is 0 Å². The van der Waals surface area contributed by atoms with Crippen LogP contribution in [-0.2, 0) is 0 Å². The monoisotopic (exact) mass is 322 g/mol. The molecule has 2 radical (unpaired) electrons. The van der Waals surface area contributed by atoms with Crippen LogP contribution in [0, 0.1) is 24.5 Å². The molecule has 0 fully saturated rings. The fraction of sp³-hybridized carbons (Fsp3) is 0.364. The molecule has 0 spiro atoms. The van der Waals surface area contributed by atoms with Crippen molar-refractivity contribution in [1.29, 1.82) is 0 Å². The highest BCUT2D eigenvalue weighted by Crippen LogP contribution is 2.34. The van der Waals surface area contributed by atoms with Crippen LogP contribution in [0.15, 0.2) is 36.4 Å². The van der Waals surface area contributed by atoms with Gasteiger partial charge in [-0.15, -0.1) is 0 Å². The minimum Gasteiger partial charge on any atom is -0.489 e. The maximum atomic E-state index is 5.99. The molecule has 0 aromatic heterocycles. The van der Waals surface area contributed by atoms with Gasteiger partial charge in [-0.1, -0.05) is 58.5 Å². The van der Waals surface area contributed by atoms with Crippen LogP contribution < -0.4 is 9.47 Å². The Hall–Kier alpha value is -2.22. The van der Waals surface area contributed by atoms with Crippen LogP contribution in [0.1, 0.15) is 33.3 Å². The SMILES string of the molecule is [CH]=Cc1cc[c]cc1-c1ccc(OCC(C)C)c(OCC(C)C)c1. The Morgan fingerprint density at radius 2 is 1.67 bits per heavy atom. The number of hydrogen-bond acceptors (Lipinski definition) is 2. The number of rotatable bonds is 8. The zero-order valence-electron chi connectivity index (χ0n) is 15.0. The van der Waals surface area contributed by atoms with E-state index >= 15 is 0 Å². The average Bonchev–Trinajstić information content (AvgIpc) is 2.58. The van der Waals surface area contributed by atoms with Gasteiger partial charge in [-0.25, -0.2) is 0 Å². The smallest absolute Gasteiger partial charge is 0.161 e. The molecule has 126 valence electrons. The Kier molecular flexibility index (Phi) is 6.48. The molecule has 2 aromatic rings. The Morgan fingerprint density at radius 3 is 2.29 bits per heavy atom. The van der Waals surface area contributed by atoms with E-state index < -0.39 is 0 Å². The molecule has 0 heterocycles. The predicted molar refractivity (Wildman–Crippen MR) is 100 cm³/mol. The van der Waals surface area contributed by atoms with Gasteiger partial charge < -0.3 is 9.47 Å². The van der Waals surface area contributed by atoms with Crippen molar-refractivity contribution in [2.45, 2.75) is 27.7 Å². The summed E-state index contributed by atoms with van der Waals surface area (Å²) in [4.78, 5) is 0. The van der Waals surface area contributed by atoms with E-state index in [1.165, 1.54) is 0 Å². The molecule has 0 atom stereocenters. The van der Waals surface area contributed by atoms with Crippen LogP contribution in [0.4, 0.5) is 0 Å². The van der Waals surface area contributed by atoms with Gasteiger partial charge in [0, 0.05) is 0 Å². The van der Waals surface area contributed by atoms with Crippen LogP contribution >= 0.6 is 0 Å². The number of hydrogen-bond donors (Lipinski definition) is 0. The van der Waals surface area contributed by atoms with Crippen molar-refractivity contribution in [3.8, 4) is 22.6 Å². The fourth-order valence-electron chi connectivity index (χ4n) is 2.26. The van der Waals surface area contributed by atoms with Gasteiger partial charge in [0.15, 0.2) is 11.5 Å². The lowest BCUT2D eigenvalue weighted by atomic mass is 9.99. The molecule has 0 aliphatic heterocycles. The molecule has 0 amide bonds. The quantitative estimate of drug-likeness (QED) is 0.623. The summed E-state index contributed by atoms with van der Waals surface area (Å²) in [6.07, 6.45) is 1.61. The Bertz CT molecular complexity index is 671. The summed E-state index contributed by atoms with van der Waals surface area (Å²) in [7, 11) is 0. The van der Waals surface area contributed by atoms with Gasteiger partial charge in [0.1, 0.15) is 0 Å². The second-order valence-electron chi connectivity index (χ2n) is 6.75. The van der Waals surface area contributed by atoms with Crippen LogP contribution in [0.2, 0.25) is 0 Å². The average molecular weight is 322 g/mol. The van der Waals surface area contributed by atoms with Crippen LogP contribution in [0.5, 0.6) is 11.5 Å². The van der Waals surface area contributed by atoms with Gasteiger partial charge in [-0.3, -0.25) is 0 Å². The van der Waals surface area contributed by atoms with Crippen LogP contribution in [-0.4, -0.2) is 13.2 Å². The summed E-state index contributed by atoms with van der Waals surface area (Å²) >= 11 is 0. The minimum absolute atomic E-state index is 0.449. The Labute approximate surface area is 146 Å². The van der Waals surface area contributed by atoms with Gasteiger partial charge in [0.25, 0.3) is 0 Å². The third-order valence-corrected chi connectivity index (χ3v) is 3.48. The first-order chi connectivity index (χ1) is 11.5. The van der Waals surface area contributed by atoms with Crippen molar-refractivity contribution in [3.05, 3.63) is 54.6 Å². The summed E-state index contributed by atoms with van der Waals surface area (Å²) in [5, 5.41) is 0. The molecular formula is C22H26O2. The van der Waals surface area contributed by atoms with Gasteiger partial charge in [-0.05, 0) is 52.8 Å². The normalized spacial score (nSPS) is 10.9. The first kappa shape index (κ1) is 18.1. The lowest BCUT2D eigenvalue weighted by Crippen LogP contribution is -2.09. The van der Waals surface area contributed by atoms with E-state index in [9.17, 15) is 0 Å². The highest BCUT2D eigenvalue weighted by atomic mass is 16.5. The molecule has 0 saturated heterocycles. The van der Waals surface area contributed by atoms with Crippen molar-refractivity contribution in [3.63, 3.8) is 0 Å². The number of ether oxygens (including phenoxy) is 2. The first-order valence-electron chi connectivity index (χ1n) is 8.46. The van der Waals surface area contributed by atoms with Gasteiger partial charge in [0.05, 0.1) is 13.2 Å². The summed E-state index contributed by atoms with van der Waals surface area (Å²) in [6.45, 7) is 15.6. The Morgan fingerprint density at radius 1 is 1.00 bits per heavy atom. The lowest BCUT2D eigenvalue weighted by molar-refractivity contribution is 0.229. The minimum atomic E-state index is 0.449. The second kappa shape index (κ2) is 8.58. The molecule has 0 aliphatic rings. The van der Waals surface area contributed by atoms with Crippen molar-refractivity contribution in [2.75, 3.05) is 13.2 Å². The highest BCUT2D eigenvalue weighted by molar-refractivity contribution is 5.76. The largest absolute Gasteiger partial charge is 0.489 e. The zero-order chi connectivity index (χ0) is 17.5. The molecule has 2 rings (SSSR count). The van der Waals surface area contributed by atoms with E-state index in [1.807, 2.05) is 36.4 Å². The molecule has 0 N–H and O–H groups in total. The van der Waals surface area contributed by atoms with E-state index in [4.69, 9.17) is 16.1 Å². The van der Waals surface area contributed by atoms with E-state index in [2.05, 4.69) is 33.8 Å². The molecule has 2 heteroatoms. The molecule has 0 saturated carbocycles. The molecule has 2 aromatic carbocycles. The summed E-state index contributed by atoms with van der Waals surface area (Å²) in [6, 6.07) is 14.9. The fourth-order valence-corrected chi connectivity index (χ4v) is 2.26. The molecule has 0 bridgehead atoms. The molecular weight excluding hydrogens is 296 g/mol. The molecule has 24 heavy (non-hydrogen) atoms. The van der Waals surface area contributed by atoms with Crippen molar-refractivity contribution in [2.24, 2.45) is 11.8 Å². The van der Waals surface area contributed by atoms with Gasteiger partial charge in [-0.2, -0.15) is 0 Å². The summed E-state index contributed by atoms with van der Waals surface area (Å²) < 4.78 is 11.9. The van der Waals surface area contributed by atoms with Crippen LogP contribution in [0.25, 0.3) is 17.2 Å². The summed E-state index contributed by atoms with van der Waals surface area (Å²) in [5.41, 5.74) is 3.04. The zero-order valence-corrected chi connectivity index (χ0v) is 15.0. The Balaban J connectivity index is 2.36. The number of benzene rings is 2. The van der Waals surface area contributed by atoms with Crippen molar-refractivity contribution >= 4 is 6.08 Å². The third kappa shape index (κ3) is 4.89. The standard InChI is InChI=1S/C22H26O2/c1-6-18-9-7-8-10-20(18)19-11-12-21(23-14-16(2)3)22(13-19)24-15-17(4)5/h1,6-7,9-13,16-17H,14-15H2,2-5H3. The third-order valence-electron chi connectivity index (χ3n) is 3.48. The van der Waals surface area contributed by atoms with Crippen molar-refractivity contribution < 1.29 is 9.47 Å². The molecule has 0 unspecified atom stereocenters. The second-order valence-corrected chi connectivity index (χ2v) is 6.75. The van der Waals surface area contributed by atoms with E-state index in [0.29, 0.717) is 25.0 Å². The maximum absolute atomic E-state index is 5.99. The first-order valence-corrected chi connectivity index (χ1v) is 8.46. The highest BCUT2D eigenvalue weighted by Gasteiger charge is 2.11. The van der Waals surface area contributed by atoms with Gasteiger partial charge >= 0.3 is 0 Å². The lowest BCUT2D eigenvalue weighted by Gasteiger charge is -2.17. The topological polar surface area (TPSA) is 18.5 Å². The van der Waals surface area contributed by atoms with Crippen LogP contribution in [0.3, 0.4) is 0 Å². The van der Waals surface area contributed by atoms with Gasteiger partial charge in [0.2, 0.25) is 0 Å². The van der Waals surface area contributed by atoms with E-state index in [-0.39, 0.29) is 0 Å². The summed E-state index contributed by atoms with van der Waals surface area (Å²) in [5.74, 6) is 2.47. The van der Waals surface area contributed by atoms with E-state index in [0.717, 1.165) is 28.2 Å². The molecule has 2 nitrogen and oxygen atoms in total. The van der Waals surface area contributed by atoms with E-state index in [1.54, 1.807) is 6.08 Å².